The number of rotatable bonds is 6. The Hall–Kier alpha value is -4.92. The van der Waals surface area contributed by atoms with Crippen LogP contribution < -0.4 is 10.2 Å². The van der Waals surface area contributed by atoms with Crippen molar-refractivity contribution < 1.29 is 29.0 Å². The average molecular weight is 660 g/mol. The van der Waals surface area contributed by atoms with E-state index in [1.165, 1.54) is 7.11 Å². The van der Waals surface area contributed by atoms with Crippen LogP contribution in [0.5, 0.6) is 11.5 Å². The molecule has 3 aromatic rings. The highest BCUT2D eigenvalue weighted by Crippen LogP contribution is 2.64. The lowest BCUT2D eigenvalue weighted by Gasteiger charge is -2.50. The Morgan fingerprint density at radius 3 is 2.31 bits per heavy atom. The van der Waals surface area contributed by atoms with E-state index in [1.54, 1.807) is 23.1 Å². The number of phenolic OH excluding ortho intramolecular Hbond substituents is 1. The molecule has 2 aliphatic heterocycles. The molecule has 6 unspecified atom stereocenters. The predicted octanol–water partition coefficient (Wildman–Crippen LogP) is 6.03. The van der Waals surface area contributed by atoms with Crippen molar-refractivity contribution >= 4 is 29.3 Å². The third kappa shape index (κ3) is 4.65. The number of carbonyl (C=O) groups is 4. The first-order chi connectivity index (χ1) is 23.7. The third-order valence-corrected chi connectivity index (χ3v) is 11.9. The Bertz CT molecular complexity index is 1870. The summed E-state index contributed by atoms with van der Waals surface area (Å²) < 4.78 is 5.55. The monoisotopic (exact) mass is 659 g/mol. The lowest BCUT2D eigenvalue weighted by atomic mass is 9.49. The van der Waals surface area contributed by atoms with Gasteiger partial charge in [0, 0.05) is 12.0 Å². The maximum absolute atomic E-state index is 15.2. The van der Waals surface area contributed by atoms with Gasteiger partial charge < -0.3 is 9.84 Å². The zero-order valence-corrected chi connectivity index (χ0v) is 27.8. The zero-order valence-electron chi connectivity index (χ0n) is 27.8. The van der Waals surface area contributed by atoms with Gasteiger partial charge in [0.1, 0.15) is 0 Å². The molecule has 4 fully saturated rings. The molecule has 49 heavy (non-hydrogen) atoms. The van der Waals surface area contributed by atoms with Gasteiger partial charge in [-0.15, -0.1) is 0 Å². The van der Waals surface area contributed by atoms with Crippen LogP contribution in [0.15, 0.2) is 84.4 Å². The molecule has 3 aliphatic carbocycles. The van der Waals surface area contributed by atoms with E-state index in [2.05, 4.69) is 11.5 Å². The van der Waals surface area contributed by atoms with Gasteiger partial charge in [-0.25, -0.2) is 0 Å². The number of nitrogens with zero attached hydrogens (tertiary/aromatic N) is 2. The Labute approximate surface area is 285 Å². The first-order valence-corrected chi connectivity index (χ1v) is 17.5. The number of fused-ring (bicyclic) bond motifs is 4. The summed E-state index contributed by atoms with van der Waals surface area (Å²) in [6.45, 7) is 1.97. The van der Waals surface area contributed by atoms with Crippen molar-refractivity contribution in [2.24, 2.45) is 23.7 Å². The second kappa shape index (κ2) is 11.9. The van der Waals surface area contributed by atoms with Gasteiger partial charge in [-0.1, -0.05) is 85.0 Å². The standard InChI is InChI=1S/C40H41N3O6/c1-23-13-16-26(17-14-23)41-43-37(46)31-22-30-28(18-19-29-34(30)38(47)42(36(29)45)27-11-7-4-8-12-27)35(24-15-20-32(44)33(21-24)49-2)40(31,39(43)48)25-9-5-3-6-10-25/h3,5-6,9-10,13-18,20-21,27,29-31,34-35,41,44H,4,7-8,11-12,19,22H2,1-2H3. The number of hydrazine groups is 1. The summed E-state index contributed by atoms with van der Waals surface area (Å²) in [6, 6.07) is 21.9. The summed E-state index contributed by atoms with van der Waals surface area (Å²) in [5.74, 6) is -3.82. The normalized spacial score (nSPS) is 29.8. The molecular formula is C40H41N3O6. The number of ether oxygens (including phenoxy) is 1. The first-order valence-electron chi connectivity index (χ1n) is 17.5. The number of methoxy groups -OCH3 is 1. The van der Waals surface area contributed by atoms with E-state index < -0.39 is 35.0 Å². The van der Waals surface area contributed by atoms with Gasteiger partial charge in [0.15, 0.2) is 11.5 Å². The number of likely N-dealkylation sites (tertiary alicyclic amines) is 1. The van der Waals surface area contributed by atoms with Crippen LogP contribution in [0, 0.1) is 30.6 Å². The largest absolute Gasteiger partial charge is 0.504 e. The van der Waals surface area contributed by atoms with E-state index in [0.717, 1.165) is 48.2 Å². The molecule has 5 aliphatic rings. The highest BCUT2D eigenvalue weighted by atomic mass is 16.5. The van der Waals surface area contributed by atoms with E-state index in [1.807, 2.05) is 61.5 Å². The van der Waals surface area contributed by atoms with Gasteiger partial charge in [0.05, 0.1) is 36.0 Å². The molecule has 0 spiro atoms. The van der Waals surface area contributed by atoms with Crippen molar-refractivity contribution in [2.75, 3.05) is 12.5 Å². The number of amides is 4. The van der Waals surface area contributed by atoms with Crippen LogP contribution in [-0.4, -0.2) is 51.8 Å². The molecule has 2 saturated carbocycles. The summed E-state index contributed by atoms with van der Waals surface area (Å²) >= 11 is 0. The number of anilines is 1. The van der Waals surface area contributed by atoms with E-state index >= 15 is 4.79 Å². The number of phenols is 1. The van der Waals surface area contributed by atoms with Crippen molar-refractivity contribution in [1.29, 1.82) is 0 Å². The van der Waals surface area contributed by atoms with Gasteiger partial charge in [-0.3, -0.25) is 29.5 Å². The van der Waals surface area contributed by atoms with E-state index in [4.69, 9.17) is 4.74 Å². The molecular weight excluding hydrogens is 618 g/mol. The minimum Gasteiger partial charge on any atom is -0.504 e. The van der Waals surface area contributed by atoms with Crippen LogP contribution >= 0.6 is 0 Å². The summed E-state index contributed by atoms with van der Waals surface area (Å²) in [5, 5.41) is 11.8. The van der Waals surface area contributed by atoms with Crippen LogP contribution in [-0.2, 0) is 24.6 Å². The van der Waals surface area contributed by atoms with Gasteiger partial charge in [0.2, 0.25) is 11.8 Å². The fourth-order valence-corrected chi connectivity index (χ4v) is 9.72. The van der Waals surface area contributed by atoms with E-state index in [-0.39, 0.29) is 47.6 Å². The number of hydrogen-bond acceptors (Lipinski definition) is 7. The van der Waals surface area contributed by atoms with Crippen molar-refractivity contribution in [3.8, 4) is 11.5 Å². The lowest BCUT2D eigenvalue weighted by Crippen LogP contribution is -2.53. The predicted molar refractivity (Wildman–Crippen MR) is 182 cm³/mol. The minimum absolute atomic E-state index is 0.0437. The van der Waals surface area contributed by atoms with E-state index in [9.17, 15) is 19.5 Å². The van der Waals surface area contributed by atoms with Gasteiger partial charge in [-0.05, 0) is 73.9 Å². The Morgan fingerprint density at radius 2 is 1.59 bits per heavy atom. The maximum atomic E-state index is 15.2. The van der Waals surface area contributed by atoms with Crippen LogP contribution in [0.25, 0.3) is 0 Å². The number of allylic oxidation sites excluding steroid dienone is 2. The number of imide groups is 2. The molecule has 4 amide bonds. The molecule has 0 radical (unpaired) electrons. The number of nitrogens with one attached hydrogen (secondary N) is 1. The van der Waals surface area contributed by atoms with Crippen molar-refractivity contribution in [2.45, 2.75) is 69.2 Å². The number of aromatic hydroxyl groups is 1. The third-order valence-electron chi connectivity index (χ3n) is 11.9. The fourth-order valence-electron chi connectivity index (χ4n) is 9.72. The highest BCUT2D eigenvalue weighted by molar-refractivity contribution is 6.13. The van der Waals surface area contributed by atoms with Crippen LogP contribution in [0.1, 0.15) is 67.6 Å². The molecule has 6 atom stereocenters. The smallest absolute Gasteiger partial charge is 0.260 e. The van der Waals surface area contributed by atoms with Crippen molar-refractivity contribution in [3.05, 3.63) is 101 Å². The number of hydrogen-bond donors (Lipinski definition) is 2. The number of carbonyl (C=O) groups excluding carboxylic acids is 4. The SMILES string of the molecule is COc1cc(C2C3=CCC4C(=O)N(C5CCCCC5)C(=O)C4C3CC3C(=O)N(Nc4ccc(C)cc4)C(=O)C32c2ccccc2)ccc1O. The topological polar surface area (TPSA) is 116 Å². The highest BCUT2D eigenvalue weighted by Gasteiger charge is 2.70. The summed E-state index contributed by atoms with van der Waals surface area (Å²) in [4.78, 5) is 60.0. The minimum atomic E-state index is -1.37. The number of aryl methyl sites for hydroxylation is 1. The molecule has 0 bridgehead atoms. The van der Waals surface area contributed by atoms with Crippen LogP contribution in [0.3, 0.4) is 0 Å². The molecule has 252 valence electrons. The lowest BCUT2D eigenvalue weighted by molar-refractivity contribution is -0.144. The molecule has 8 rings (SSSR count). The Balaban J connectivity index is 1.31. The molecule has 9 nitrogen and oxygen atoms in total. The molecule has 2 saturated heterocycles. The molecule has 2 N–H and O–H groups in total. The van der Waals surface area contributed by atoms with Gasteiger partial charge in [-0.2, -0.15) is 5.01 Å². The first kappa shape index (κ1) is 31.4. The summed E-state index contributed by atoms with van der Waals surface area (Å²) in [7, 11) is 1.48. The zero-order chi connectivity index (χ0) is 34.0. The molecule has 9 heteroatoms. The van der Waals surface area contributed by atoms with Crippen LogP contribution in [0.2, 0.25) is 0 Å². The Morgan fingerprint density at radius 1 is 0.857 bits per heavy atom. The van der Waals surface area contributed by atoms with Crippen LogP contribution in [0.4, 0.5) is 5.69 Å². The fraction of sp³-hybridized carbons (Fsp3) is 0.400. The van der Waals surface area contributed by atoms with Crippen molar-refractivity contribution in [1.82, 2.24) is 9.91 Å². The molecule has 2 heterocycles. The number of benzene rings is 3. The Kier molecular flexibility index (Phi) is 7.61. The summed E-state index contributed by atoms with van der Waals surface area (Å²) in [5.41, 5.74) is 5.69. The van der Waals surface area contributed by atoms with Gasteiger partial charge in [0.25, 0.3) is 11.8 Å². The van der Waals surface area contributed by atoms with E-state index in [0.29, 0.717) is 23.2 Å². The average Bonchev–Trinajstić information content (AvgIpc) is 3.51. The molecule has 0 aromatic heterocycles. The second-order valence-corrected chi connectivity index (χ2v) is 14.4. The second-order valence-electron chi connectivity index (χ2n) is 14.4. The van der Waals surface area contributed by atoms with Crippen molar-refractivity contribution in [3.63, 3.8) is 0 Å². The quantitative estimate of drug-likeness (QED) is 0.245. The molecule has 3 aromatic carbocycles. The maximum Gasteiger partial charge on any atom is 0.260 e. The van der Waals surface area contributed by atoms with Gasteiger partial charge >= 0.3 is 0 Å². The summed E-state index contributed by atoms with van der Waals surface area (Å²) in [6.07, 6.45) is 7.46.